The van der Waals surface area contributed by atoms with Crippen molar-refractivity contribution in [2.45, 2.75) is 61.6 Å². The quantitative estimate of drug-likeness (QED) is 0.167. The molecule has 2 N–H and O–H groups in total. The molecule has 2 aromatic heterocycles. The Labute approximate surface area is 210 Å². The van der Waals surface area contributed by atoms with Gasteiger partial charge in [-0.25, -0.2) is 0 Å². The van der Waals surface area contributed by atoms with Gasteiger partial charge in [0.05, 0.1) is 0 Å². The number of unbranched alkanes of at least 4 members (excludes halogenated alkanes) is 2. The molecule has 0 saturated carbocycles. The van der Waals surface area contributed by atoms with Crippen molar-refractivity contribution in [3.63, 3.8) is 0 Å². The van der Waals surface area contributed by atoms with Crippen LogP contribution in [0.1, 0.15) is 50.7 Å². The fourth-order valence-corrected chi connectivity index (χ4v) is 15.6. The van der Waals surface area contributed by atoms with Crippen LogP contribution in [0.2, 0.25) is 8.87 Å². The van der Waals surface area contributed by atoms with Gasteiger partial charge in [-0.1, -0.05) is 0 Å². The molecule has 0 saturated heterocycles. The van der Waals surface area contributed by atoms with Gasteiger partial charge in [-0.2, -0.15) is 0 Å². The molecule has 0 bridgehead atoms. The number of rotatable bonds is 12. The second kappa shape index (κ2) is 11.8. The van der Waals surface area contributed by atoms with E-state index in [-0.39, 0.29) is 21.2 Å². The second-order valence-electron chi connectivity index (χ2n) is 9.16. The molecule has 0 fully saturated rings. The van der Waals surface area contributed by atoms with Crippen molar-refractivity contribution in [1.29, 1.82) is 0 Å². The Kier molecular flexibility index (Phi) is 8.54. The molecule has 0 amide bonds. The predicted octanol–water partition coefficient (Wildman–Crippen LogP) is 7.84. The summed E-state index contributed by atoms with van der Waals surface area (Å²) >= 11 is -4.16. The Morgan fingerprint density at radius 1 is 0.714 bits per heavy atom. The monoisotopic (exact) mass is 582 g/mol. The van der Waals surface area contributed by atoms with Gasteiger partial charge in [-0.05, 0) is 0 Å². The van der Waals surface area contributed by atoms with Crippen LogP contribution in [0, 0.1) is 0 Å². The number of carbonyl (C=O) groups excluding carboxylic acids is 2. The Morgan fingerprint density at radius 2 is 1.14 bits per heavy atom. The number of ether oxygens (including phenoxy) is 2. The first-order valence-electron chi connectivity index (χ1n) is 12.5. The first-order valence-corrected chi connectivity index (χ1v) is 19.4. The Morgan fingerprint density at radius 3 is 1.57 bits per heavy atom. The summed E-state index contributed by atoms with van der Waals surface area (Å²) in [5, 5.41) is 2.07. The van der Waals surface area contributed by atoms with Crippen molar-refractivity contribution in [3.05, 3.63) is 72.1 Å². The molecule has 2 heterocycles. The molecule has 0 aliphatic heterocycles. The summed E-state index contributed by atoms with van der Waals surface area (Å²) in [7, 11) is 0. The van der Waals surface area contributed by atoms with E-state index in [4.69, 9.17) is 9.47 Å². The maximum absolute atomic E-state index is 13.7. The zero-order chi connectivity index (χ0) is 24.7. The van der Waals surface area contributed by atoms with E-state index in [0.717, 1.165) is 58.6 Å². The molecule has 0 aliphatic carbocycles. The molecule has 0 spiro atoms. The first kappa shape index (κ1) is 25.4. The van der Waals surface area contributed by atoms with Crippen LogP contribution in [0.25, 0.3) is 21.8 Å². The van der Waals surface area contributed by atoms with Crippen LogP contribution in [-0.4, -0.2) is 36.3 Å². The van der Waals surface area contributed by atoms with Gasteiger partial charge in [0.15, 0.2) is 0 Å². The Balaban J connectivity index is 1.54. The number of benzene rings is 2. The van der Waals surface area contributed by atoms with Crippen molar-refractivity contribution < 1.29 is 19.1 Å². The molecular formula is C28H34N2O4Sn. The Bertz CT molecular complexity index is 1190. The van der Waals surface area contributed by atoms with E-state index in [1.165, 1.54) is 0 Å². The van der Waals surface area contributed by atoms with Crippen LogP contribution < -0.4 is 0 Å². The van der Waals surface area contributed by atoms with Gasteiger partial charge < -0.3 is 0 Å². The topological polar surface area (TPSA) is 84.2 Å². The summed E-state index contributed by atoms with van der Waals surface area (Å²) < 4.78 is 12.5. The maximum atomic E-state index is 13.7. The van der Waals surface area contributed by atoms with Crippen molar-refractivity contribution in [1.82, 2.24) is 9.97 Å². The van der Waals surface area contributed by atoms with Crippen molar-refractivity contribution >= 4 is 48.2 Å². The molecule has 7 heteroatoms. The third kappa shape index (κ3) is 5.58. The minimum atomic E-state index is -4.16. The summed E-state index contributed by atoms with van der Waals surface area (Å²) in [6.07, 6.45) is 7.28. The normalized spacial score (nSPS) is 11.7. The third-order valence-electron chi connectivity index (χ3n) is 6.76. The van der Waals surface area contributed by atoms with Crippen LogP contribution in [0.4, 0.5) is 9.59 Å². The van der Waals surface area contributed by atoms with Gasteiger partial charge >= 0.3 is 211 Å². The number of nitrogens with one attached hydrogen (secondary N) is 2. The van der Waals surface area contributed by atoms with E-state index in [2.05, 4.69) is 23.8 Å². The average Bonchev–Trinajstić information content (AvgIpc) is 3.50. The van der Waals surface area contributed by atoms with Crippen LogP contribution >= 0.6 is 0 Å². The van der Waals surface area contributed by atoms with E-state index in [9.17, 15) is 9.59 Å². The van der Waals surface area contributed by atoms with E-state index in [1.807, 2.05) is 60.9 Å². The zero-order valence-electron chi connectivity index (χ0n) is 20.6. The fourth-order valence-electron chi connectivity index (χ4n) is 4.64. The summed E-state index contributed by atoms with van der Waals surface area (Å²) in [5.41, 5.74) is 3.85. The van der Waals surface area contributed by atoms with Crippen LogP contribution in [0.15, 0.2) is 60.9 Å². The van der Waals surface area contributed by atoms with Crippen LogP contribution in [0.3, 0.4) is 0 Å². The van der Waals surface area contributed by atoms with Crippen LogP contribution in [-0.2, 0) is 22.7 Å². The number of para-hydroxylation sites is 2. The molecule has 0 atom stereocenters. The second-order valence-corrected chi connectivity index (χ2v) is 20.5. The van der Waals surface area contributed by atoms with Gasteiger partial charge in [0.2, 0.25) is 0 Å². The molecular weight excluding hydrogens is 547 g/mol. The molecule has 0 unspecified atom stereocenters. The molecule has 0 radical (unpaired) electrons. The van der Waals surface area contributed by atoms with E-state index < -0.39 is 18.4 Å². The fraction of sp³-hybridized carbons (Fsp3) is 0.357. The summed E-state index contributed by atoms with van der Waals surface area (Å²) in [6, 6.07) is 15.9. The summed E-state index contributed by atoms with van der Waals surface area (Å²) in [5.74, 6) is 0. The number of hydrogen-bond acceptors (Lipinski definition) is 4. The van der Waals surface area contributed by atoms with Crippen molar-refractivity contribution in [3.8, 4) is 0 Å². The van der Waals surface area contributed by atoms with E-state index in [0.29, 0.717) is 8.87 Å². The molecule has 184 valence electrons. The van der Waals surface area contributed by atoms with Crippen LogP contribution in [0.5, 0.6) is 0 Å². The predicted molar refractivity (Wildman–Crippen MR) is 142 cm³/mol. The minimum absolute atomic E-state index is 0.162. The SMILES string of the molecule is CCC[CH2][Sn]([CH2]CCC)([C](=O)OCc1c[nH]c2ccccc12)[C](=O)OCc1c[nH]c2ccccc12. The van der Waals surface area contributed by atoms with Gasteiger partial charge in [-0.3, -0.25) is 0 Å². The molecule has 35 heavy (non-hydrogen) atoms. The summed E-state index contributed by atoms with van der Waals surface area (Å²) in [4.78, 5) is 33.8. The third-order valence-corrected chi connectivity index (χ3v) is 18.9. The molecule has 4 aromatic rings. The molecule has 0 aliphatic rings. The summed E-state index contributed by atoms with van der Waals surface area (Å²) in [6.45, 7) is 4.50. The number of hydrogen-bond donors (Lipinski definition) is 2. The van der Waals surface area contributed by atoms with Gasteiger partial charge in [0.25, 0.3) is 0 Å². The number of fused-ring (bicyclic) bond motifs is 2. The first-order chi connectivity index (χ1) is 17.1. The average molecular weight is 581 g/mol. The number of carbonyl (C=O) groups is 2. The van der Waals surface area contributed by atoms with Crippen molar-refractivity contribution in [2.24, 2.45) is 0 Å². The van der Waals surface area contributed by atoms with Gasteiger partial charge in [-0.15, -0.1) is 0 Å². The van der Waals surface area contributed by atoms with Gasteiger partial charge in [0.1, 0.15) is 0 Å². The standard InChI is InChI=1S/2C10H8NO2.2C4H9.Sn/c2*12-7-13-6-8-5-11-10-4-2-1-3-9(8)10;2*1-3-4-2;/h2*1-5,11H,6H2;2*1,3-4H2,2H3;. The number of aromatic amines is 2. The zero-order valence-corrected chi connectivity index (χ0v) is 23.4. The molecule has 6 nitrogen and oxygen atoms in total. The number of aromatic nitrogens is 2. The number of H-pyrrole nitrogens is 2. The Hall–Kier alpha value is -2.74. The molecule has 2 aromatic carbocycles. The van der Waals surface area contributed by atoms with E-state index in [1.54, 1.807) is 0 Å². The van der Waals surface area contributed by atoms with E-state index >= 15 is 0 Å². The molecule has 4 rings (SSSR count). The van der Waals surface area contributed by atoms with Gasteiger partial charge in [0, 0.05) is 0 Å². The van der Waals surface area contributed by atoms with Crippen molar-refractivity contribution in [2.75, 3.05) is 0 Å².